The lowest BCUT2D eigenvalue weighted by Gasteiger charge is -2.38. The first-order valence-electron chi connectivity index (χ1n) is 10.5. The van der Waals surface area contributed by atoms with Crippen LogP contribution < -0.4 is 0 Å². The molecular weight excluding hydrogens is 330 g/mol. The van der Waals surface area contributed by atoms with Gasteiger partial charge in [-0.3, -0.25) is 4.90 Å². The SMILES string of the molecule is Cc1ccc(-c2ccc3c(c2)nc2n3CCN(C(C)C3CCC3)CC2)cc1. The Morgan fingerprint density at radius 3 is 2.48 bits per heavy atom. The van der Waals surface area contributed by atoms with Gasteiger partial charge in [0.2, 0.25) is 0 Å². The van der Waals surface area contributed by atoms with E-state index in [9.17, 15) is 0 Å². The van der Waals surface area contributed by atoms with Gasteiger partial charge in [0.25, 0.3) is 0 Å². The van der Waals surface area contributed by atoms with E-state index < -0.39 is 0 Å². The third-order valence-electron chi connectivity index (χ3n) is 6.85. The Hall–Kier alpha value is -2.13. The zero-order valence-corrected chi connectivity index (χ0v) is 16.5. The van der Waals surface area contributed by atoms with Crippen LogP contribution in [0.4, 0.5) is 0 Å². The number of imidazole rings is 1. The van der Waals surface area contributed by atoms with E-state index in [0.29, 0.717) is 0 Å². The number of rotatable bonds is 3. The first kappa shape index (κ1) is 17.0. The Balaban J connectivity index is 1.41. The molecule has 2 aromatic carbocycles. The maximum atomic E-state index is 5.03. The molecule has 0 radical (unpaired) electrons. The van der Waals surface area contributed by atoms with Crippen molar-refractivity contribution in [3.63, 3.8) is 0 Å². The second kappa shape index (κ2) is 6.79. The van der Waals surface area contributed by atoms with Crippen LogP contribution in [0.5, 0.6) is 0 Å². The molecule has 0 amide bonds. The zero-order chi connectivity index (χ0) is 18.4. The highest BCUT2D eigenvalue weighted by Crippen LogP contribution is 2.33. The highest BCUT2D eigenvalue weighted by atomic mass is 15.2. The van der Waals surface area contributed by atoms with Crippen LogP contribution in [0.15, 0.2) is 42.5 Å². The summed E-state index contributed by atoms with van der Waals surface area (Å²) in [6, 6.07) is 16.3. The molecule has 0 saturated heterocycles. The van der Waals surface area contributed by atoms with Gasteiger partial charge >= 0.3 is 0 Å². The second-order valence-electron chi connectivity index (χ2n) is 8.47. The average molecular weight is 360 g/mol. The maximum absolute atomic E-state index is 5.03. The molecular formula is C24H29N3. The smallest absolute Gasteiger partial charge is 0.111 e. The summed E-state index contributed by atoms with van der Waals surface area (Å²) in [6.07, 6.45) is 5.34. The van der Waals surface area contributed by atoms with Crippen molar-refractivity contribution < 1.29 is 0 Å². The number of hydrogen-bond donors (Lipinski definition) is 0. The molecule has 0 bridgehead atoms. The molecule has 1 aliphatic carbocycles. The number of nitrogens with zero attached hydrogens (tertiary/aromatic N) is 3. The summed E-state index contributed by atoms with van der Waals surface area (Å²) in [4.78, 5) is 7.73. The number of benzene rings is 2. The van der Waals surface area contributed by atoms with Gasteiger partial charge in [0.05, 0.1) is 11.0 Å². The van der Waals surface area contributed by atoms with Gasteiger partial charge in [-0.15, -0.1) is 0 Å². The molecule has 27 heavy (non-hydrogen) atoms. The van der Waals surface area contributed by atoms with E-state index in [2.05, 4.69) is 65.8 Å². The summed E-state index contributed by atoms with van der Waals surface area (Å²) >= 11 is 0. The van der Waals surface area contributed by atoms with E-state index >= 15 is 0 Å². The Labute approximate surface area is 162 Å². The van der Waals surface area contributed by atoms with Gasteiger partial charge in [0.15, 0.2) is 0 Å². The molecule has 3 aromatic rings. The van der Waals surface area contributed by atoms with Crippen molar-refractivity contribution in [2.45, 2.75) is 52.1 Å². The number of fused-ring (bicyclic) bond motifs is 3. The van der Waals surface area contributed by atoms with Crippen molar-refractivity contribution in [2.24, 2.45) is 5.92 Å². The summed E-state index contributed by atoms with van der Waals surface area (Å²) < 4.78 is 2.46. The van der Waals surface area contributed by atoms with Crippen LogP contribution in [-0.4, -0.2) is 33.6 Å². The predicted molar refractivity (Wildman–Crippen MR) is 112 cm³/mol. The normalized spacial score (nSPS) is 19.5. The molecule has 1 saturated carbocycles. The average Bonchev–Trinajstić information content (AvgIpc) is 2.84. The van der Waals surface area contributed by atoms with E-state index in [1.165, 1.54) is 47.3 Å². The lowest BCUT2D eigenvalue weighted by molar-refractivity contribution is 0.110. The Morgan fingerprint density at radius 1 is 0.963 bits per heavy atom. The third-order valence-corrected chi connectivity index (χ3v) is 6.85. The molecule has 1 atom stereocenters. The minimum atomic E-state index is 0.725. The summed E-state index contributed by atoms with van der Waals surface area (Å²) in [6.45, 7) is 7.92. The monoisotopic (exact) mass is 359 g/mol. The minimum absolute atomic E-state index is 0.725. The van der Waals surface area contributed by atoms with Crippen LogP contribution >= 0.6 is 0 Å². The fraction of sp³-hybridized carbons (Fsp3) is 0.458. The third kappa shape index (κ3) is 3.08. The van der Waals surface area contributed by atoms with E-state index in [1.54, 1.807) is 0 Å². The van der Waals surface area contributed by atoms with E-state index in [-0.39, 0.29) is 0 Å². The first-order chi connectivity index (χ1) is 13.2. The number of hydrogen-bond acceptors (Lipinski definition) is 2. The van der Waals surface area contributed by atoms with Crippen LogP contribution in [0.2, 0.25) is 0 Å². The van der Waals surface area contributed by atoms with Gasteiger partial charge in [-0.05, 0) is 55.9 Å². The fourth-order valence-electron chi connectivity index (χ4n) is 4.76. The Bertz CT molecular complexity index is 950. The molecule has 2 aliphatic rings. The van der Waals surface area contributed by atoms with Gasteiger partial charge < -0.3 is 4.57 Å². The van der Waals surface area contributed by atoms with Crippen molar-refractivity contribution in [1.82, 2.24) is 14.5 Å². The van der Waals surface area contributed by atoms with Crippen molar-refractivity contribution >= 4 is 11.0 Å². The highest BCUT2D eigenvalue weighted by molar-refractivity contribution is 5.82. The largest absolute Gasteiger partial charge is 0.327 e. The molecule has 0 N–H and O–H groups in total. The van der Waals surface area contributed by atoms with Gasteiger partial charge in [-0.2, -0.15) is 0 Å². The molecule has 1 unspecified atom stereocenters. The molecule has 1 fully saturated rings. The van der Waals surface area contributed by atoms with Crippen LogP contribution in [-0.2, 0) is 13.0 Å². The van der Waals surface area contributed by atoms with Gasteiger partial charge in [-0.1, -0.05) is 42.3 Å². The highest BCUT2D eigenvalue weighted by Gasteiger charge is 2.29. The fourth-order valence-corrected chi connectivity index (χ4v) is 4.76. The molecule has 3 heteroatoms. The van der Waals surface area contributed by atoms with Crippen molar-refractivity contribution in [3.8, 4) is 11.1 Å². The summed E-state index contributed by atoms with van der Waals surface area (Å²) in [7, 11) is 0. The lowest BCUT2D eigenvalue weighted by atomic mass is 9.80. The molecule has 5 rings (SSSR count). The van der Waals surface area contributed by atoms with E-state index in [1.807, 2.05) is 0 Å². The van der Waals surface area contributed by atoms with Crippen LogP contribution in [0.25, 0.3) is 22.2 Å². The lowest BCUT2D eigenvalue weighted by Crippen LogP contribution is -2.42. The molecule has 1 aromatic heterocycles. The van der Waals surface area contributed by atoms with Crippen LogP contribution in [0, 0.1) is 12.8 Å². The summed E-state index contributed by atoms with van der Waals surface area (Å²) in [5.41, 5.74) is 6.26. The number of aromatic nitrogens is 2. The van der Waals surface area contributed by atoms with Crippen molar-refractivity contribution in [2.75, 3.05) is 13.1 Å². The molecule has 140 valence electrons. The Kier molecular flexibility index (Phi) is 4.28. The van der Waals surface area contributed by atoms with Gasteiger partial charge in [0, 0.05) is 32.1 Å². The molecule has 0 spiro atoms. The van der Waals surface area contributed by atoms with Crippen LogP contribution in [0.1, 0.15) is 37.6 Å². The maximum Gasteiger partial charge on any atom is 0.111 e. The molecule has 1 aliphatic heterocycles. The topological polar surface area (TPSA) is 21.1 Å². The zero-order valence-electron chi connectivity index (χ0n) is 16.5. The standard InChI is InChI=1S/C24H29N3/c1-17-6-8-20(9-7-17)21-10-11-23-22(16-21)25-24-12-13-26(14-15-27(23)24)18(2)19-4-3-5-19/h6-11,16,18-19H,3-5,12-15H2,1-2H3. The van der Waals surface area contributed by atoms with Crippen molar-refractivity contribution in [1.29, 1.82) is 0 Å². The quantitative estimate of drug-likeness (QED) is 0.652. The second-order valence-corrected chi connectivity index (χ2v) is 8.47. The van der Waals surface area contributed by atoms with Gasteiger partial charge in [-0.25, -0.2) is 4.98 Å². The Morgan fingerprint density at radius 2 is 1.74 bits per heavy atom. The number of aryl methyl sites for hydroxylation is 1. The first-order valence-corrected chi connectivity index (χ1v) is 10.5. The van der Waals surface area contributed by atoms with Gasteiger partial charge in [0.1, 0.15) is 5.82 Å². The molecule has 2 heterocycles. The van der Waals surface area contributed by atoms with E-state index in [4.69, 9.17) is 4.98 Å². The van der Waals surface area contributed by atoms with E-state index in [0.717, 1.165) is 43.5 Å². The van der Waals surface area contributed by atoms with Crippen molar-refractivity contribution in [3.05, 3.63) is 53.9 Å². The summed E-state index contributed by atoms with van der Waals surface area (Å²) in [5.74, 6) is 2.18. The van der Waals surface area contributed by atoms with Crippen LogP contribution in [0.3, 0.4) is 0 Å². The summed E-state index contributed by atoms with van der Waals surface area (Å²) in [5, 5.41) is 0. The minimum Gasteiger partial charge on any atom is -0.327 e. The molecule has 3 nitrogen and oxygen atoms in total. The predicted octanol–water partition coefficient (Wildman–Crippen LogP) is 5.06.